The van der Waals surface area contributed by atoms with Crippen molar-refractivity contribution in [2.75, 3.05) is 10.6 Å². The molecule has 0 saturated heterocycles. The van der Waals surface area contributed by atoms with E-state index in [1.54, 1.807) is 17.2 Å². The lowest BCUT2D eigenvalue weighted by molar-refractivity contribution is 0.881. The van der Waals surface area contributed by atoms with Crippen molar-refractivity contribution in [1.29, 1.82) is 0 Å². The first kappa shape index (κ1) is 21.7. The van der Waals surface area contributed by atoms with Crippen LogP contribution in [-0.4, -0.2) is 29.8 Å². The summed E-state index contributed by atoms with van der Waals surface area (Å²) in [7, 11) is 0. The van der Waals surface area contributed by atoms with Gasteiger partial charge in [0, 0.05) is 22.8 Å². The Morgan fingerprint density at radius 1 is 0.882 bits per heavy atom. The van der Waals surface area contributed by atoms with Gasteiger partial charge >= 0.3 is 0 Å². The lowest BCUT2D eigenvalue weighted by atomic mass is 10.1. The highest BCUT2D eigenvalue weighted by Crippen LogP contribution is 2.23. The second-order valence-electron chi connectivity index (χ2n) is 8.16. The number of benzene rings is 3. The zero-order valence-corrected chi connectivity index (χ0v) is 19.9. The van der Waals surface area contributed by atoms with Crippen molar-refractivity contribution in [3.8, 4) is 17.1 Å². The monoisotopic (exact) mass is 465 g/mol. The van der Waals surface area contributed by atoms with Crippen molar-refractivity contribution in [3.63, 3.8) is 0 Å². The van der Waals surface area contributed by atoms with Crippen molar-refractivity contribution in [2.24, 2.45) is 0 Å². The highest BCUT2D eigenvalue weighted by atomic mass is 32.1. The van der Waals surface area contributed by atoms with Gasteiger partial charge in [0.15, 0.2) is 10.9 Å². The molecule has 2 N–H and O–H groups in total. The molecule has 8 heteroatoms. The molecule has 2 heterocycles. The van der Waals surface area contributed by atoms with E-state index in [4.69, 9.17) is 12.2 Å². The third-order valence-electron chi connectivity index (χ3n) is 5.57. The Morgan fingerprint density at radius 2 is 1.65 bits per heavy atom. The molecular formula is C26H23N7S. The Balaban J connectivity index is 1.34. The number of hydrogen-bond donors (Lipinski definition) is 2. The average molecular weight is 466 g/mol. The summed E-state index contributed by atoms with van der Waals surface area (Å²) in [4.78, 5) is 13.5. The summed E-state index contributed by atoms with van der Waals surface area (Å²) in [5.41, 5.74) is 7.10. The molecule has 0 fully saturated rings. The minimum atomic E-state index is 0.436. The molecule has 7 nitrogen and oxygen atoms in total. The minimum absolute atomic E-state index is 0.436. The number of aromatic nitrogens is 5. The molecule has 0 bridgehead atoms. The highest BCUT2D eigenvalue weighted by Gasteiger charge is 2.10. The molecule has 0 aliphatic carbocycles. The summed E-state index contributed by atoms with van der Waals surface area (Å²) in [5, 5.41) is 12.3. The normalized spacial score (nSPS) is 10.9. The fourth-order valence-electron chi connectivity index (χ4n) is 3.71. The van der Waals surface area contributed by atoms with Crippen LogP contribution in [0.25, 0.3) is 28.0 Å². The molecule has 0 aliphatic rings. The van der Waals surface area contributed by atoms with Gasteiger partial charge in [-0.1, -0.05) is 35.9 Å². The van der Waals surface area contributed by atoms with E-state index in [9.17, 15) is 0 Å². The van der Waals surface area contributed by atoms with Gasteiger partial charge in [0.1, 0.15) is 6.33 Å². The summed E-state index contributed by atoms with van der Waals surface area (Å²) in [6.07, 6.45) is 3.49. The quantitative estimate of drug-likeness (QED) is 0.334. The SMILES string of the molecule is Cc1ccc(-n2cnc(-c3ccc4nc(NC(=S)Nc5c(C)cccc5C)ncc4c3)n2)cc1. The molecule has 0 spiro atoms. The Bertz CT molecular complexity index is 1490. The van der Waals surface area contributed by atoms with Crippen LogP contribution in [-0.2, 0) is 0 Å². The number of para-hydroxylation sites is 1. The first-order valence-electron chi connectivity index (χ1n) is 10.9. The number of nitrogens with zero attached hydrogens (tertiary/aromatic N) is 5. The van der Waals surface area contributed by atoms with Crippen molar-refractivity contribution in [3.05, 3.63) is 89.9 Å². The fraction of sp³-hybridized carbons (Fsp3) is 0.115. The lowest BCUT2D eigenvalue weighted by Crippen LogP contribution is -2.21. The first-order chi connectivity index (χ1) is 16.5. The standard InChI is InChI=1S/C26H23N7S/c1-16-7-10-21(11-8-16)33-15-28-24(32-33)19-9-12-22-20(13-19)14-27-25(29-22)31-26(34)30-23-17(2)5-4-6-18(23)3/h4-15H,1-3H3,(H2,27,29,30,31,34). The van der Waals surface area contributed by atoms with Gasteiger partial charge < -0.3 is 10.6 Å². The van der Waals surface area contributed by atoms with E-state index in [1.165, 1.54) is 5.56 Å². The van der Waals surface area contributed by atoms with Crippen molar-refractivity contribution in [1.82, 2.24) is 24.7 Å². The third kappa shape index (κ3) is 4.49. The van der Waals surface area contributed by atoms with Crippen molar-refractivity contribution >= 4 is 39.9 Å². The van der Waals surface area contributed by atoms with E-state index in [2.05, 4.69) is 49.7 Å². The van der Waals surface area contributed by atoms with Gasteiger partial charge in [0.2, 0.25) is 5.95 Å². The Labute approximate surface area is 202 Å². The number of nitrogens with one attached hydrogen (secondary N) is 2. The average Bonchev–Trinajstić information content (AvgIpc) is 3.32. The molecule has 2 aromatic heterocycles. The van der Waals surface area contributed by atoms with Crippen LogP contribution < -0.4 is 10.6 Å². The number of aryl methyl sites for hydroxylation is 3. The zero-order chi connectivity index (χ0) is 23.7. The molecule has 34 heavy (non-hydrogen) atoms. The summed E-state index contributed by atoms with van der Waals surface area (Å²) in [5.74, 6) is 1.08. The predicted octanol–water partition coefficient (Wildman–Crippen LogP) is 5.61. The third-order valence-corrected chi connectivity index (χ3v) is 5.78. The van der Waals surface area contributed by atoms with E-state index < -0.39 is 0 Å². The Morgan fingerprint density at radius 3 is 2.41 bits per heavy atom. The van der Waals surface area contributed by atoms with E-state index in [0.717, 1.165) is 39.0 Å². The summed E-state index contributed by atoms with van der Waals surface area (Å²) < 4.78 is 1.77. The molecule has 0 aliphatic heterocycles. The first-order valence-corrected chi connectivity index (χ1v) is 11.3. The zero-order valence-electron chi connectivity index (χ0n) is 19.1. The lowest BCUT2D eigenvalue weighted by Gasteiger charge is -2.14. The molecule has 168 valence electrons. The van der Waals surface area contributed by atoms with Gasteiger partial charge in [0.25, 0.3) is 0 Å². The van der Waals surface area contributed by atoms with Crippen LogP contribution >= 0.6 is 12.2 Å². The van der Waals surface area contributed by atoms with Gasteiger partial charge in [0.05, 0.1) is 11.2 Å². The Hall–Kier alpha value is -4.17. The molecule has 5 aromatic rings. The van der Waals surface area contributed by atoms with Crippen LogP contribution in [0.1, 0.15) is 16.7 Å². The fourth-order valence-corrected chi connectivity index (χ4v) is 3.90. The molecule has 0 amide bonds. The van der Waals surface area contributed by atoms with E-state index in [-0.39, 0.29) is 0 Å². The maximum absolute atomic E-state index is 5.47. The van der Waals surface area contributed by atoms with E-state index >= 15 is 0 Å². The topological polar surface area (TPSA) is 80.5 Å². The molecular weight excluding hydrogens is 442 g/mol. The van der Waals surface area contributed by atoms with Crippen LogP contribution in [0.15, 0.2) is 73.2 Å². The van der Waals surface area contributed by atoms with Gasteiger partial charge in [-0.05, 0) is 74.4 Å². The Kier molecular flexibility index (Phi) is 5.73. The number of thiocarbonyl (C=S) groups is 1. The minimum Gasteiger partial charge on any atom is -0.332 e. The van der Waals surface area contributed by atoms with Crippen LogP contribution in [0.2, 0.25) is 0 Å². The summed E-state index contributed by atoms with van der Waals surface area (Å²) >= 11 is 5.47. The van der Waals surface area contributed by atoms with Gasteiger partial charge in [-0.2, -0.15) is 0 Å². The number of hydrogen-bond acceptors (Lipinski definition) is 5. The smallest absolute Gasteiger partial charge is 0.229 e. The molecule has 3 aromatic carbocycles. The number of anilines is 2. The summed E-state index contributed by atoms with van der Waals surface area (Å²) in [6.45, 7) is 6.14. The molecule has 0 atom stereocenters. The highest BCUT2D eigenvalue weighted by molar-refractivity contribution is 7.80. The molecule has 5 rings (SSSR count). The van der Waals surface area contributed by atoms with Crippen molar-refractivity contribution in [2.45, 2.75) is 20.8 Å². The van der Waals surface area contributed by atoms with Crippen LogP contribution in [0.3, 0.4) is 0 Å². The maximum atomic E-state index is 5.47. The van der Waals surface area contributed by atoms with Crippen LogP contribution in [0.4, 0.5) is 11.6 Å². The second-order valence-corrected chi connectivity index (χ2v) is 8.57. The number of rotatable bonds is 4. The largest absolute Gasteiger partial charge is 0.332 e. The van der Waals surface area contributed by atoms with Crippen molar-refractivity contribution < 1.29 is 0 Å². The van der Waals surface area contributed by atoms with E-state index in [0.29, 0.717) is 16.9 Å². The van der Waals surface area contributed by atoms with Gasteiger partial charge in [-0.15, -0.1) is 5.10 Å². The van der Waals surface area contributed by atoms with Gasteiger partial charge in [-0.3, -0.25) is 0 Å². The van der Waals surface area contributed by atoms with E-state index in [1.807, 2.05) is 62.4 Å². The predicted molar refractivity (Wildman–Crippen MR) is 140 cm³/mol. The maximum Gasteiger partial charge on any atom is 0.229 e. The molecule has 0 radical (unpaired) electrons. The second kappa shape index (κ2) is 8.99. The van der Waals surface area contributed by atoms with Crippen LogP contribution in [0.5, 0.6) is 0 Å². The van der Waals surface area contributed by atoms with Gasteiger partial charge in [-0.25, -0.2) is 19.6 Å². The van der Waals surface area contributed by atoms with Crippen LogP contribution in [0, 0.1) is 20.8 Å². The number of fused-ring (bicyclic) bond motifs is 1. The summed E-state index contributed by atoms with van der Waals surface area (Å²) in [6, 6.07) is 20.1. The molecule has 0 saturated carbocycles. The molecule has 0 unspecified atom stereocenters.